The number of halogens is 1. The lowest BCUT2D eigenvalue weighted by atomic mass is 10.1. The number of carbonyl (C=O) groups is 1. The van der Waals surface area contributed by atoms with E-state index in [1.165, 1.54) is 60.4 Å². The summed E-state index contributed by atoms with van der Waals surface area (Å²) in [5, 5.41) is 29.5. The minimum absolute atomic E-state index is 0.0265. The average molecular weight is 488 g/mol. The molecule has 1 N–H and O–H groups in total. The maximum Gasteiger partial charge on any atom is 0.271 e. The quantitative estimate of drug-likeness (QED) is 0.328. The lowest BCUT2D eigenvalue weighted by Crippen LogP contribution is -2.34. The fraction of sp³-hybridized carbons (Fsp3) is 0.0500. The van der Waals surface area contributed by atoms with E-state index in [2.05, 4.69) is 10.3 Å². The molecule has 0 fully saturated rings. The van der Waals surface area contributed by atoms with Crippen molar-refractivity contribution in [2.24, 2.45) is 0 Å². The van der Waals surface area contributed by atoms with Crippen LogP contribution in [0, 0.1) is 10.1 Å². The Hall–Kier alpha value is -4.03. The zero-order valence-electron chi connectivity index (χ0n) is 16.8. The summed E-state index contributed by atoms with van der Waals surface area (Å²) in [6.07, 6.45) is 3.67. The molecule has 1 aliphatic rings. The summed E-state index contributed by atoms with van der Waals surface area (Å²) in [6.45, 7) is 0. The van der Waals surface area contributed by atoms with Crippen LogP contribution in [0.2, 0.25) is 5.02 Å². The molecule has 0 atom stereocenters. The SMILES string of the molecule is CN1C(C(=O)/C=C/c2cn(-c3cc([N+](=O)[O-])ccc3Cl)nn2)=C(O)c2ccccc2S1(=O)=O. The number of nitrogens with zero attached hydrogens (tertiary/aromatic N) is 5. The number of hydrogen-bond acceptors (Lipinski definition) is 8. The molecule has 0 saturated heterocycles. The fourth-order valence-electron chi connectivity index (χ4n) is 3.20. The van der Waals surface area contributed by atoms with Crippen LogP contribution in [0.25, 0.3) is 17.5 Å². The van der Waals surface area contributed by atoms with Crippen LogP contribution in [0.5, 0.6) is 0 Å². The van der Waals surface area contributed by atoms with Gasteiger partial charge in [0.2, 0.25) is 5.78 Å². The Balaban J connectivity index is 1.65. The molecule has 33 heavy (non-hydrogen) atoms. The van der Waals surface area contributed by atoms with Gasteiger partial charge in [0.25, 0.3) is 15.7 Å². The maximum atomic E-state index is 12.8. The van der Waals surface area contributed by atoms with Crippen LogP contribution in [0.4, 0.5) is 5.69 Å². The molecule has 0 amide bonds. The van der Waals surface area contributed by atoms with E-state index in [1.807, 2.05) is 0 Å². The Morgan fingerprint density at radius 1 is 1.24 bits per heavy atom. The number of allylic oxidation sites excluding steroid dienone is 1. The highest BCUT2D eigenvalue weighted by Gasteiger charge is 2.36. The second kappa shape index (κ2) is 8.15. The molecule has 168 valence electrons. The Labute approximate surface area is 192 Å². The number of sulfonamides is 1. The van der Waals surface area contributed by atoms with Gasteiger partial charge >= 0.3 is 0 Å². The third kappa shape index (κ3) is 3.85. The van der Waals surface area contributed by atoms with Crippen LogP contribution in [0.15, 0.2) is 65.3 Å². The first-order valence-corrected chi connectivity index (χ1v) is 11.0. The molecule has 2 heterocycles. The van der Waals surface area contributed by atoms with E-state index in [0.717, 1.165) is 10.4 Å². The van der Waals surface area contributed by atoms with Gasteiger partial charge < -0.3 is 5.11 Å². The number of nitro benzene ring substituents is 1. The number of hydrogen-bond donors (Lipinski definition) is 1. The van der Waals surface area contributed by atoms with Gasteiger partial charge in [-0.15, -0.1) is 5.10 Å². The van der Waals surface area contributed by atoms with E-state index in [1.54, 1.807) is 6.07 Å². The van der Waals surface area contributed by atoms with E-state index in [-0.39, 0.29) is 32.6 Å². The minimum atomic E-state index is -4.02. The number of aromatic nitrogens is 3. The van der Waals surface area contributed by atoms with E-state index in [9.17, 15) is 28.4 Å². The standard InChI is InChI=1S/C20H14ClN5O6S/c1-24-19(20(28)14-4-2-3-5-18(14)33(24,31)32)17(27)9-6-12-11-25(23-22-12)16-10-13(26(29)30)7-8-15(16)21/h2-11,28H,1H3/b9-6+. The molecule has 0 bridgehead atoms. The summed E-state index contributed by atoms with van der Waals surface area (Å²) < 4.78 is 27.4. The number of aliphatic hydroxyl groups is 1. The normalized spacial score (nSPS) is 15.0. The second-order valence-corrected chi connectivity index (χ2v) is 9.19. The highest BCUT2D eigenvalue weighted by atomic mass is 35.5. The first-order chi connectivity index (χ1) is 15.6. The molecule has 0 unspecified atom stereocenters. The first-order valence-electron chi connectivity index (χ1n) is 9.22. The van der Waals surface area contributed by atoms with Gasteiger partial charge in [-0.25, -0.2) is 13.1 Å². The molecule has 0 radical (unpaired) electrons. The van der Waals surface area contributed by atoms with E-state index in [0.29, 0.717) is 0 Å². The number of ketones is 1. The van der Waals surface area contributed by atoms with Crippen molar-refractivity contribution in [1.82, 2.24) is 19.3 Å². The third-order valence-electron chi connectivity index (χ3n) is 4.86. The molecule has 4 rings (SSSR count). The molecular weight excluding hydrogens is 474 g/mol. The van der Waals surface area contributed by atoms with Crippen LogP contribution >= 0.6 is 11.6 Å². The van der Waals surface area contributed by atoms with Crippen molar-refractivity contribution in [3.63, 3.8) is 0 Å². The molecule has 11 nitrogen and oxygen atoms in total. The molecule has 0 saturated carbocycles. The van der Waals surface area contributed by atoms with Crippen molar-refractivity contribution < 1.29 is 23.2 Å². The van der Waals surface area contributed by atoms with Gasteiger partial charge in [0.05, 0.1) is 26.7 Å². The molecule has 0 aliphatic carbocycles. The fourth-order valence-corrected chi connectivity index (χ4v) is 4.81. The number of likely N-dealkylation sites (N-methyl/N-ethyl adjacent to an activating group) is 1. The van der Waals surface area contributed by atoms with E-state index in [4.69, 9.17) is 11.6 Å². The van der Waals surface area contributed by atoms with Crippen LogP contribution in [-0.4, -0.2) is 50.6 Å². The van der Waals surface area contributed by atoms with Crippen LogP contribution in [0.3, 0.4) is 0 Å². The number of benzene rings is 2. The van der Waals surface area contributed by atoms with Gasteiger partial charge in [0.15, 0.2) is 5.76 Å². The lowest BCUT2D eigenvalue weighted by molar-refractivity contribution is -0.384. The van der Waals surface area contributed by atoms with Crippen LogP contribution in [0.1, 0.15) is 11.3 Å². The number of non-ortho nitro benzene ring substituents is 1. The molecule has 1 aliphatic heterocycles. The summed E-state index contributed by atoms with van der Waals surface area (Å²) in [5.74, 6) is -1.25. The van der Waals surface area contributed by atoms with Crippen molar-refractivity contribution in [3.8, 4) is 5.69 Å². The Kier molecular flexibility index (Phi) is 5.47. The number of nitro groups is 1. The zero-order chi connectivity index (χ0) is 23.9. The molecule has 3 aromatic rings. The summed E-state index contributed by atoms with van der Waals surface area (Å²) in [4.78, 5) is 23.1. The summed E-state index contributed by atoms with van der Waals surface area (Å²) in [6, 6.07) is 9.62. The van der Waals surface area contributed by atoms with Crippen molar-refractivity contribution in [2.75, 3.05) is 7.05 Å². The Morgan fingerprint density at radius 2 is 1.97 bits per heavy atom. The van der Waals surface area contributed by atoms with E-state index < -0.39 is 32.2 Å². The van der Waals surface area contributed by atoms with Crippen molar-refractivity contribution in [1.29, 1.82) is 0 Å². The molecule has 13 heteroatoms. The average Bonchev–Trinajstić information content (AvgIpc) is 3.25. The van der Waals surface area contributed by atoms with Gasteiger partial charge in [-0.05, 0) is 30.4 Å². The minimum Gasteiger partial charge on any atom is -0.505 e. The Bertz CT molecular complexity index is 1480. The zero-order valence-corrected chi connectivity index (χ0v) is 18.4. The summed E-state index contributed by atoms with van der Waals surface area (Å²) >= 11 is 6.09. The molecule has 1 aromatic heterocycles. The number of rotatable bonds is 5. The van der Waals surface area contributed by atoms with Crippen molar-refractivity contribution in [2.45, 2.75) is 4.90 Å². The number of carbonyl (C=O) groups excluding carboxylic acids is 1. The molecule has 2 aromatic carbocycles. The lowest BCUT2D eigenvalue weighted by Gasteiger charge is -2.27. The van der Waals surface area contributed by atoms with Gasteiger partial charge in [0.1, 0.15) is 11.4 Å². The van der Waals surface area contributed by atoms with E-state index >= 15 is 0 Å². The third-order valence-corrected chi connectivity index (χ3v) is 6.99. The predicted molar refractivity (Wildman–Crippen MR) is 118 cm³/mol. The predicted octanol–water partition coefficient (Wildman–Crippen LogP) is 2.97. The van der Waals surface area contributed by atoms with Crippen LogP contribution in [-0.2, 0) is 14.8 Å². The van der Waals surface area contributed by atoms with Gasteiger partial charge in [-0.1, -0.05) is 28.9 Å². The van der Waals surface area contributed by atoms with Gasteiger partial charge in [-0.2, -0.15) is 0 Å². The highest BCUT2D eigenvalue weighted by molar-refractivity contribution is 7.89. The number of aliphatic hydroxyl groups excluding tert-OH is 1. The maximum absolute atomic E-state index is 12.8. The highest BCUT2D eigenvalue weighted by Crippen LogP contribution is 2.34. The molecular formula is C20H14ClN5O6S. The Morgan fingerprint density at radius 3 is 2.70 bits per heavy atom. The molecule has 0 spiro atoms. The van der Waals surface area contributed by atoms with Crippen molar-refractivity contribution in [3.05, 3.63) is 86.8 Å². The largest absolute Gasteiger partial charge is 0.505 e. The number of fused-ring (bicyclic) bond motifs is 1. The smallest absolute Gasteiger partial charge is 0.271 e. The van der Waals surface area contributed by atoms with Crippen molar-refractivity contribution >= 4 is 44.9 Å². The summed E-state index contributed by atoms with van der Waals surface area (Å²) in [5.41, 5.74) is -0.189. The first kappa shape index (κ1) is 22.2. The van der Waals surface area contributed by atoms with Gasteiger partial charge in [-0.3, -0.25) is 19.2 Å². The second-order valence-electron chi connectivity index (χ2n) is 6.84. The summed E-state index contributed by atoms with van der Waals surface area (Å²) in [7, 11) is -2.85. The monoisotopic (exact) mass is 487 g/mol. The van der Waals surface area contributed by atoms with Crippen LogP contribution < -0.4 is 0 Å². The van der Waals surface area contributed by atoms with Gasteiger partial charge in [0, 0.05) is 24.7 Å². The topological polar surface area (TPSA) is 149 Å².